The number of benzene rings is 1. The molecule has 1 heterocycles. The van der Waals surface area contributed by atoms with Gasteiger partial charge in [0, 0.05) is 12.5 Å². The molecule has 0 spiro atoms. The van der Waals surface area contributed by atoms with Gasteiger partial charge in [0.05, 0.1) is 13.2 Å². The zero-order valence-corrected chi connectivity index (χ0v) is 16.6. The van der Waals surface area contributed by atoms with Crippen molar-refractivity contribution >= 4 is 0 Å². The average molecular weight is 370 g/mol. The topological polar surface area (TPSA) is 40.6 Å². The Bertz CT molecular complexity index is 717. The molecule has 3 rings (SSSR count). The summed E-state index contributed by atoms with van der Waals surface area (Å²) in [5.74, 6) is 1.88. The first-order valence-electron chi connectivity index (χ1n) is 10.3. The fraction of sp³-hybridized carbons (Fsp3) is 0.522. The fourth-order valence-corrected chi connectivity index (χ4v) is 3.26. The number of aryl methyl sites for hydroxylation is 1. The van der Waals surface area contributed by atoms with Crippen LogP contribution in [0.4, 0.5) is 0 Å². The monoisotopic (exact) mass is 369 g/mol. The highest BCUT2D eigenvalue weighted by molar-refractivity contribution is 5.38. The summed E-state index contributed by atoms with van der Waals surface area (Å²) in [6.07, 6.45) is 7.36. The lowest BCUT2D eigenvalue weighted by molar-refractivity contribution is 0.169. The van der Waals surface area contributed by atoms with Gasteiger partial charge in [0.1, 0.15) is 6.10 Å². The fourth-order valence-electron chi connectivity index (χ4n) is 3.26. The molecule has 4 heteroatoms. The van der Waals surface area contributed by atoms with Crippen LogP contribution in [0.15, 0.2) is 36.4 Å². The molecule has 1 atom stereocenters. The number of pyridine rings is 1. The summed E-state index contributed by atoms with van der Waals surface area (Å²) in [5.41, 5.74) is 2.82. The Morgan fingerprint density at radius 1 is 0.926 bits per heavy atom. The van der Waals surface area contributed by atoms with E-state index in [1.165, 1.54) is 11.1 Å². The minimum absolute atomic E-state index is 0.155. The molecule has 0 radical (unpaired) electrons. The van der Waals surface area contributed by atoms with E-state index in [9.17, 15) is 0 Å². The van der Waals surface area contributed by atoms with Crippen LogP contribution in [0, 0.1) is 0 Å². The highest BCUT2D eigenvalue weighted by Gasteiger charge is 2.21. The van der Waals surface area contributed by atoms with Crippen LogP contribution in [0.3, 0.4) is 0 Å². The van der Waals surface area contributed by atoms with Crippen LogP contribution in [0.5, 0.6) is 17.5 Å². The summed E-state index contributed by atoms with van der Waals surface area (Å²) in [7, 11) is 0. The van der Waals surface area contributed by atoms with Crippen LogP contribution in [0.25, 0.3) is 0 Å². The maximum atomic E-state index is 6.31. The Morgan fingerprint density at radius 3 is 2.44 bits per heavy atom. The number of aromatic nitrogens is 1. The molecule has 4 nitrogen and oxygen atoms in total. The maximum absolute atomic E-state index is 6.31. The van der Waals surface area contributed by atoms with Crippen molar-refractivity contribution in [2.75, 3.05) is 13.2 Å². The van der Waals surface area contributed by atoms with Crippen LogP contribution < -0.4 is 14.2 Å². The first-order valence-corrected chi connectivity index (χ1v) is 10.3. The minimum atomic E-state index is 0.155. The molecule has 0 aliphatic heterocycles. The zero-order valence-electron chi connectivity index (χ0n) is 16.6. The Balaban J connectivity index is 1.69. The predicted octanol–water partition coefficient (Wildman–Crippen LogP) is 5.38. The lowest BCUT2D eigenvalue weighted by Gasteiger charge is -2.26. The second-order valence-electron chi connectivity index (χ2n) is 7.11. The first kappa shape index (κ1) is 19.5. The number of nitrogens with zero attached hydrogens (tertiary/aromatic N) is 1. The SMILES string of the molecule is CCCCOc1ccc(OC2CCc3ccccc3C2)c(OCCCC)n1. The zero-order chi connectivity index (χ0) is 18.9. The summed E-state index contributed by atoms with van der Waals surface area (Å²) in [6, 6.07) is 12.5. The van der Waals surface area contributed by atoms with Crippen LogP contribution in [-0.4, -0.2) is 24.3 Å². The Morgan fingerprint density at radius 2 is 1.67 bits per heavy atom. The number of rotatable bonds is 10. The molecule has 1 aromatic carbocycles. The van der Waals surface area contributed by atoms with Crippen molar-refractivity contribution in [1.82, 2.24) is 4.98 Å². The van der Waals surface area contributed by atoms with Crippen molar-refractivity contribution < 1.29 is 14.2 Å². The van der Waals surface area contributed by atoms with Gasteiger partial charge < -0.3 is 14.2 Å². The number of hydrogen-bond acceptors (Lipinski definition) is 4. The van der Waals surface area contributed by atoms with Gasteiger partial charge in [-0.3, -0.25) is 0 Å². The molecule has 1 aliphatic carbocycles. The second kappa shape index (κ2) is 10.2. The van der Waals surface area contributed by atoms with Crippen LogP contribution in [-0.2, 0) is 12.8 Å². The van der Waals surface area contributed by atoms with Crippen molar-refractivity contribution in [3.63, 3.8) is 0 Å². The molecule has 1 unspecified atom stereocenters. The molecular weight excluding hydrogens is 338 g/mol. The minimum Gasteiger partial charge on any atom is -0.484 e. The number of fused-ring (bicyclic) bond motifs is 1. The van der Waals surface area contributed by atoms with E-state index in [1.807, 2.05) is 12.1 Å². The van der Waals surface area contributed by atoms with Gasteiger partial charge >= 0.3 is 0 Å². The molecule has 1 aliphatic rings. The summed E-state index contributed by atoms with van der Waals surface area (Å²) in [4.78, 5) is 4.56. The van der Waals surface area contributed by atoms with Gasteiger partial charge in [-0.1, -0.05) is 51.0 Å². The Labute approximate surface area is 162 Å². The molecule has 1 aromatic heterocycles. The van der Waals surface area contributed by atoms with Gasteiger partial charge in [-0.15, -0.1) is 0 Å². The predicted molar refractivity (Wildman–Crippen MR) is 108 cm³/mol. The molecule has 0 N–H and O–H groups in total. The molecule has 0 bridgehead atoms. The highest BCUT2D eigenvalue weighted by Crippen LogP contribution is 2.32. The number of hydrogen-bond donors (Lipinski definition) is 0. The molecule has 0 amide bonds. The smallest absolute Gasteiger partial charge is 0.260 e. The van der Waals surface area contributed by atoms with E-state index in [0.29, 0.717) is 25.0 Å². The molecule has 146 valence electrons. The Kier molecular flexibility index (Phi) is 7.37. The summed E-state index contributed by atoms with van der Waals surface area (Å²) < 4.78 is 18.0. The van der Waals surface area contributed by atoms with Gasteiger partial charge in [0.25, 0.3) is 5.88 Å². The molecule has 0 fully saturated rings. The summed E-state index contributed by atoms with van der Waals surface area (Å²) in [5, 5.41) is 0. The van der Waals surface area contributed by atoms with E-state index >= 15 is 0 Å². The van der Waals surface area contributed by atoms with Crippen LogP contribution >= 0.6 is 0 Å². The standard InChI is InChI=1S/C23H31NO3/c1-3-5-15-25-22-14-13-21(23(24-22)26-16-6-4-2)27-20-12-11-18-9-7-8-10-19(18)17-20/h7-10,13-14,20H,3-6,11-12,15-17H2,1-2H3. The molecule has 0 saturated carbocycles. The lowest BCUT2D eigenvalue weighted by atomic mass is 9.90. The van der Waals surface area contributed by atoms with E-state index in [4.69, 9.17) is 14.2 Å². The summed E-state index contributed by atoms with van der Waals surface area (Å²) >= 11 is 0. The van der Waals surface area contributed by atoms with E-state index in [-0.39, 0.29) is 6.10 Å². The van der Waals surface area contributed by atoms with Gasteiger partial charge in [-0.05, 0) is 42.9 Å². The van der Waals surface area contributed by atoms with Crippen LogP contribution in [0.1, 0.15) is 57.1 Å². The molecule has 27 heavy (non-hydrogen) atoms. The number of ether oxygens (including phenoxy) is 3. The van der Waals surface area contributed by atoms with Gasteiger partial charge in [-0.2, -0.15) is 4.98 Å². The first-order chi connectivity index (χ1) is 13.3. The lowest BCUT2D eigenvalue weighted by Crippen LogP contribution is -2.25. The maximum Gasteiger partial charge on any atom is 0.260 e. The van der Waals surface area contributed by atoms with Crippen molar-refractivity contribution in [1.29, 1.82) is 0 Å². The third-order valence-corrected chi connectivity index (χ3v) is 4.88. The van der Waals surface area contributed by atoms with E-state index < -0.39 is 0 Å². The molecular formula is C23H31NO3. The number of unbranched alkanes of at least 4 members (excludes halogenated alkanes) is 2. The largest absolute Gasteiger partial charge is 0.484 e. The van der Waals surface area contributed by atoms with Gasteiger partial charge in [0.15, 0.2) is 5.75 Å². The Hall–Kier alpha value is -2.23. The van der Waals surface area contributed by atoms with Crippen molar-refractivity contribution in [3.8, 4) is 17.5 Å². The van der Waals surface area contributed by atoms with Crippen molar-refractivity contribution in [2.45, 2.75) is 64.9 Å². The van der Waals surface area contributed by atoms with Gasteiger partial charge in [0.2, 0.25) is 5.88 Å². The third-order valence-electron chi connectivity index (χ3n) is 4.88. The molecule has 0 saturated heterocycles. The quantitative estimate of drug-likeness (QED) is 0.528. The molecule has 2 aromatic rings. The normalized spacial score (nSPS) is 15.9. The third kappa shape index (κ3) is 5.62. The van der Waals surface area contributed by atoms with E-state index in [0.717, 1.165) is 50.7 Å². The van der Waals surface area contributed by atoms with Crippen molar-refractivity contribution in [3.05, 3.63) is 47.5 Å². The summed E-state index contributed by atoms with van der Waals surface area (Å²) in [6.45, 7) is 5.62. The highest BCUT2D eigenvalue weighted by atomic mass is 16.5. The van der Waals surface area contributed by atoms with E-state index in [1.54, 1.807) is 0 Å². The van der Waals surface area contributed by atoms with Crippen LogP contribution in [0.2, 0.25) is 0 Å². The van der Waals surface area contributed by atoms with Crippen molar-refractivity contribution in [2.24, 2.45) is 0 Å². The average Bonchev–Trinajstić information content (AvgIpc) is 2.70. The van der Waals surface area contributed by atoms with Gasteiger partial charge in [-0.25, -0.2) is 0 Å². The second-order valence-corrected chi connectivity index (χ2v) is 7.11. The van der Waals surface area contributed by atoms with E-state index in [2.05, 4.69) is 43.1 Å².